The van der Waals surface area contributed by atoms with Gasteiger partial charge in [0.05, 0.1) is 32.7 Å². The van der Waals surface area contributed by atoms with Crippen molar-refractivity contribution in [2.75, 3.05) is 46.6 Å². The first-order valence-corrected chi connectivity index (χ1v) is 9.12. The van der Waals surface area contributed by atoms with E-state index in [0.717, 1.165) is 23.8 Å². The number of rotatable bonds is 10. The minimum Gasteiger partial charge on any atom is -0.497 e. The van der Waals surface area contributed by atoms with Crippen LogP contribution in [0.25, 0.3) is 0 Å². The lowest BCUT2D eigenvalue weighted by atomic mass is 10.2. The average molecular weight is 377 g/mol. The summed E-state index contributed by atoms with van der Waals surface area (Å²) in [5, 5.41) is 10.2. The van der Waals surface area contributed by atoms with Crippen LogP contribution in [-0.2, 0) is 16.1 Å². The van der Waals surface area contributed by atoms with Gasteiger partial charge >= 0.3 is 0 Å². The third-order valence-corrected chi connectivity index (χ3v) is 4.32. The topological polar surface area (TPSA) is 73.5 Å². The van der Waals surface area contributed by atoms with Gasteiger partial charge in [-0.2, -0.15) is 0 Å². The Balaban J connectivity index is 1.35. The highest BCUT2D eigenvalue weighted by molar-refractivity contribution is 5.31. The summed E-state index contributed by atoms with van der Waals surface area (Å²) in [6.45, 7) is 3.77. The number of benzene rings is 1. The molecule has 1 aliphatic heterocycles. The van der Waals surface area contributed by atoms with Gasteiger partial charge in [0.25, 0.3) is 0 Å². The van der Waals surface area contributed by atoms with Crippen molar-refractivity contribution in [3.8, 4) is 11.5 Å². The lowest BCUT2D eigenvalue weighted by Gasteiger charge is -2.33. The Labute approximate surface area is 159 Å². The number of methoxy groups -OCH3 is 1. The molecule has 2 unspecified atom stereocenters. The fourth-order valence-corrected chi connectivity index (χ4v) is 2.95. The van der Waals surface area contributed by atoms with Gasteiger partial charge in [-0.1, -0.05) is 0 Å². The summed E-state index contributed by atoms with van der Waals surface area (Å²) in [6.07, 6.45) is 1.02. The van der Waals surface area contributed by atoms with E-state index in [9.17, 15) is 5.11 Å². The first-order valence-electron chi connectivity index (χ1n) is 9.12. The van der Waals surface area contributed by atoms with Crippen LogP contribution in [0.3, 0.4) is 0 Å². The van der Waals surface area contributed by atoms with Crippen LogP contribution >= 0.6 is 0 Å². The number of furan rings is 1. The molecule has 0 amide bonds. The van der Waals surface area contributed by atoms with Crippen LogP contribution in [0.5, 0.6) is 11.5 Å². The summed E-state index contributed by atoms with van der Waals surface area (Å²) in [5.41, 5.74) is 0. The number of aliphatic hydroxyl groups excluding tert-OH is 1. The number of ether oxygens (including phenoxy) is 4. The number of β-amino-alcohol motifs (C(OH)–C–C–N with tert-alkyl or cyclic N) is 1. The average Bonchev–Trinajstić information content (AvgIpc) is 3.20. The van der Waals surface area contributed by atoms with Crippen molar-refractivity contribution in [1.82, 2.24) is 4.90 Å². The molecule has 1 aromatic carbocycles. The van der Waals surface area contributed by atoms with Crippen LogP contribution < -0.4 is 9.47 Å². The predicted octanol–water partition coefficient (Wildman–Crippen LogP) is 1.95. The normalized spacial score (nSPS) is 19.0. The zero-order chi connectivity index (χ0) is 18.9. The third-order valence-electron chi connectivity index (χ3n) is 4.32. The van der Waals surface area contributed by atoms with Crippen molar-refractivity contribution in [2.24, 2.45) is 0 Å². The van der Waals surface area contributed by atoms with Crippen molar-refractivity contribution in [3.63, 3.8) is 0 Å². The molecular formula is C20H27NO6. The van der Waals surface area contributed by atoms with E-state index in [1.165, 1.54) is 0 Å². The van der Waals surface area contributed by atoms with E-state index >= 15 is 0 Å². The molecular weight excluding hydrogens is 350 g/mol. The second kappa shape index (κ2) is 10.3. The van der Waals surface area contributed by atoms with E-state index in [4.69, 9.17) is 23.4 Å². The maximum Gasteiger partial charge on any atom is 0.129 e. The Morgan fingerprint density at radius 2 is 2.04 bits per heavy atom. The Morgan fingerprint density at radius 3 is 2.78 bits per heavy atom. The Bertz CT molecular complexity index is 645. The molecule has 1 N–H and O–H groups in total. The van der Waals surface area contributed by atoms with Crippen LogP contribution in [0.4, 0.5) is 0 Å². The molecule has 0 radical (unpaired) electrons. The predicted molar refractivity (Wildman–Crippen MR) is 99.0 cm³/mol. The third kappa shape index (κ3) is 6.55. The van der Waals surface area contributed by atoms with Crippen LogP contribution in [0.2, 0.25) is 0 Å². The Morgan fingerprint density at radius 1 is 1.22 bits per heavy atom. The smallest absolute Gasteiger partial charge is 0.129 e. The van der Waals surface area contributed by atoms with Gasteiger partial charge in [-0.15, -0.1) is 0 Å². The van der Waals surface area contributed by atoms with Crippen molar-refractivity contribution in [3.05, 3.63) is 48.4 Å². The molecule has 27 heavy (non-hydrogen) atoms. The monoisotopic (exact) mass is 377 g/mol. The molecule has 7 heteroatoms. The second-order valence-corrected chi connectivity index (χ2v) is 6.49. The molecule has 0 aliphatic carbocycles. The standard InChI is InChI=1S/C20H27NO6/c1-23-17-4-6-18(7-5-17)27-15-20-12-21(8-10-26-20)11-16(22)13-24-14-19-3-2-9-25-19/h2-7,9,16,20,22H,8,10-15H2,1H3. The molecule has 2 aromatic rings. The van der Waals surface area contributed by atoms with E-state index in [-0.39, 0.29) is 12.7 Å². The molecule has 3 rings (SSSR count). The van der Waals surface area contributed by atoms with E-state index in [0.29, 0.717) is 32.9 Å². The molecule has 7 nitrogen and oxygen atoms in total. The SMILES string of the molecule is COc1ccc(OCC2CN(CC(O)COCc3ccco3)CCO2)cc1. The zero-order valence-corrected chi connectivity index (χ0v) is 15.6. The van der Waals surface area contributed by atoms with Gasteiger partial charge in [-0.3, -0.25) is 4.90 Å². The molecule has 1 fully saturated rings. The highest BCUT2D eigenvalue weighted by Gasteiger charge is 2.23. The van der Waals surface area contributed by atoms with Gasteiger partial charge < -0.3 is 28.5 Å². The summed E-state index contributed by atoms with van der Waals surface area (Å²) in [5.74, 6) is 2.33. The Hall–Kier alpha value is -2.06. The number of aliphatic hydroxyl groups is 1. The molecule has 1 aromatic heterocycles. The minimum absolute atomic E-state index is 0.0305. The van der Waals surface area contributed by atoms with Gasteiger partial charge in [0, 0.05) is 19.6 Å². The zero-order valence-electron chi connectivity index (χ0n) is 15.6. The lowest BCUT2D eigenvalue weighted by Crippen LogP contribution is -2.48. The Kier molecular flexibility index (Phi) is 7.53. The van der Waals surface area contributed by atoms with Crippen molar-refractivity contribution >= 4 is 0 Å². The van der Waals surface area contributed by atoms with E-state index in [1.54, 1.807) is 13.4 Å². The van der Waals surface area contributed by atoms with Crippen molar-refractivity contribution in [1.29, 1.82) is 0 Å². The summed E-state index contributed by atoms with van der Waals surface area (Å²) in [7, 11) is 1.64. The maximum atomic E-state index is 10.2. The molecule has 2 atom stereocenters. The summed E-state index contributed by atoms with van der Waals surface area (Å²) < 4.78 is 27.4. The molecule has 1 aliphatic rings. The molecule has 0 bridgehead atoms. The lowest BCUT2D eigenvalue weighted by molar-refractivity contribution is -0.0659. The molecule has 2 heterocycles. The number of nitrogens with zero attached hydrogens (tertiary/aromatic N) is 1. The van der Waals surface area contributed by atoms with Crippen LogP contribution in [-0.4, -0.2) is 68.8 Å². The number of hydrogen-bond donors (Lipinski definition) is 1. The molecule has 148 valence electrons. The second-order valence-electron chi connectivity index (χ2n) is 6.49. The van der Waals surface area contributed by atoms with Crippen LogP contribution in [0.1, 0.15) is 5.76 Å². The van der Waals surface area contributed by atoms with E-state index < -0.39 is 6.10 Å². The fraction of sp³-hybridized carbons (Fsp3) is 0.500. The highest BCUT2D eigenvalue weighted by Crippen LogP contribution is 2.18. The molecule has 1 saturated heterocycles. The summed E-state index contributed by atoms with van der Waals surface area (Å²) in [6, 6.07) is 11.1. The van der Waals surface area contributed by atoms with E-state index in [1.807, 2.05) is 36.4 Å². The largest absolute Gasteiger partial charge is 0.497 e. The van der Waals surface area contributed by atoms with Gasteiger partial charge in [0.15, 0.2) is 0 Å². The quantitative estimate of drug-likeness (QED) is 0.678. The summed E-state index contributed by atoms with van der Waals surface area (Å²) >= 11 is 0. The fourth-order valence-electron chi connectivity index (χ4n) is 2.95. The summed E-state index contributed by atoms with van der Waals surface area (Å²) in [4.78, 5) is 2.17. The van der Waals surface area contributed by atoms with Crippen LogP contribution in [0.15, 0.2) is 47.1 Å². The van der Waals surface area contributed by atoms with Crippen molar-refractivity contribution in [2.45, 2.75) is 18.8 Å². The van der Waals surface area contributed by atoms with Gasteiger partial charge in [-0.25, -0.2) is 0 Å². The first kappa shape index (κ1) is 19.7. The highest BCUT2D eigenvalue weighted by atomic mass is 16.5. The van der Waals surface area contributed by atoms with Gasteiger partial charge in [0.1, 0.15) is 36.6 Å². The van der Waals surface area contributed by atoms with Crippen LogP contribution in [0, 0.1) is 0 Å². The number of morpholine rings is 1. The van der Waals surface area contributed by atoms with E-state index in [2.05, 4.69) is 4.90 Å². The number of hydrogen-bond acceptors (Lipinski definition) is 7. The molecule has 0 saturated carbocycles. The molecule has 0 spiro atoms. The van der Waals surface area contributed by atoms with Crippen molar-refractivity contribution < 1.29 is 28.5 Å². The maximum absolute atomic E-state index is 10.2. The first-order chi connectivity index (χ1) is 13.2. The van der Waals surface area contributed by atoms with Gasteiger partial charge in [-0.05, 0) is 36.4 Å². The minimum atomic E-state index is -0.554. The van der Waals surface area contributed by atoms with Gasteiger partial charge in [0.2, 0.25) is 0 Å².